The zero-order chi connectivity index (χ0) is 64.9. The van der Waals surface area contributed by atoms with E-state index in [-0.39, 0.29) is 18.5 Å². The van der Waals surface area contributed by atoms with Gasteiger partial charge in [0.05, 0.1) is 25.4 Å². The molecule has 1 amide bonds. The Kier molecular flexibility index (Phi) is 78.3. The molecule has 0 rings (SSSR count). The second kappa shape index (κ2) is 79.8. The Morgan fingerprint density at radius 1 is 0.300 bits per heavy atom. The number of hydrogen-bond donors (Lipinski definition) is 3. The molecule has 0 aliphatic heterocycles. The molecule has 0 aromatic carbocycles. The van der Waals surface area contributed by atoms with E-state index in [1.54, 1.807) is 6.08 Å². The van der Waals surface area contributed by atoms with Gasteiger partial charge in [0.25, 0.3) is 0 Å². The van der Waals surface area contributed by atoms with Crippen LogP contribution in [-0.2, 0) is 14.3 Å². The number of rotatable bonds is 79. The number of aliphatic hydroxyl groups is 2. The fourth-order valence-electron chi connectivity index (χ4n) is 13.4. The zero-order valence-corrected chi connectivity index (χ0v) is 61.4. The molecule has 90 heavy (non-hydrogen) atoms. The number of aliphatic hydroxyl groups excluding tert-OH is 2. The third-order valence-corrected chi connectivity index (χ3v) is 19.7. The highest BCUT2D eigenvalue weighted by atomic mass is 16.5. The second-order valence-corrected chi connectivity index (χ2v) is 28.8. The molecule has 0 aromatic heterocycles. The summed E-state index contributed by atoms with van der Waals surface area (Å²) in [4.78, 5) is 24.6. The van der Waals surface area contributed by atoms with Crippen LogP contribution in [0.3, 0.4) is 0 Å². The van der Waals surface area contributed by atoms with Gasteiger partial charge in [-0.05, 0) is 57.8 Å². The number of amides is 1. The van der Waals surface area contributed by atoms with Gasteiger partial charge in [0.1, 0.15) is 0 Å². The Morgan fingerprint density at radius 2 is 0.522 bits per heavy atom. The molecule has 0 saturated carbocycles. The summed E-state index contributed by atoms with van der Waals surface area (Å²) < 4.78 is 5.52. The molecule has 6 nitrogen and oxygen atoms in total. The minimum atomic E-state index is -0.841. The van der Waals surface area contributed by atoms with Crippen LogP contribution in [0.15, 0.2) is 24.3 Å². The summed E-state index contributed by atoms with van der Waals surface area (Å²) in [5.74, 6) is -0.0322. The highest BCUT2D eigenvalue weighted by Crippen LogP contribution is 2.20. The maximum absolute atomic E-state index is 12.5. The lowest BCUT2D eigenvalue weighted by molar-refractivity contribution is -0.143. The first-order chi connectivity index (χ1) is 44.5. The summed E-state index contributed by atoms with van der Waals surface area (Å²) in [5.41, 5.74) is 0. The summed E-state index contributed by atoms with van der Waals surface area (Å²) in [5, 5.41) is 23.2. The Bertz CT molecular complexity index is 1410. The monoisotopic (exact) mass is 1270 g/mol. The molecule has 534 valence electrons. The summed E-state index contributed by atoms with van der Waals surface area (Å²) in [6.07, 6.45) is 103. The molecular weight excluding hydrogens is 1100 g/mol. The number of esters is 1. The standard InChI is InChI=1S/C84H163NO5/c1-3-5-7-9-11-13-15-17-19-21-46-50-54-58-62-66-70-74-78-84(89)90-79-75-71-67-63-59-55-51-47-44-42-40-38-36-34-32-30-28-26-24-22-23-25-27-29-31-33-35-37-39-41-43-45-49-53-57-61-65-69-73-77-83(88)85-81(80-86)82(87)76-72-68-64-60-56-52-48-20-18-16-14-12-10-8-6-4-2/h22-23,72,76,81-82,86-87H,3-21,24-71,73-75,77-80H2,1-2H3,(H,85,88)/b23-22-,76-72+. The van der Waals surface area contributed by atoms with Gasteiger partial charge in [0.2, 0.25) is 5.91 Å². The number of carbonyl (C=O) groups excluding carboxylic acids is 2. The van der Waals surface area contributed by atoms with Crippen LogP contribution >= 0.6 is 0 Å². The minimum Gasteiger partial charge on any atom is -0.466 e. The van der Waals surface area contributed by atoms with Crippen molar-refractivity contribution in [2.75, 3.05) is 13.2 Å². The van der Waals surface area contributed by atoms with Gasteiger partial charge < -0.3 is 20.3 Å². The first-order valence-electron chi connectivity index (χ1n) is 41.6. The van der Waals surface area contributed by atoms with Crippen LogP contribution in [0.2, 0.25) is 0 Å². The molecule has 0 radical (unpaired) electrons. The van der Waals surface area contributed by atoms with Gasteiger partial charge in [-0.25, -0.2) is 0 Å². The van der Waals surface area contributed by atoms with E-state index in [0.29, 0.717) is 19.4 Å². The molecule has 0 aliphatic carbocycles. The lowest BCUT2D eigenvalue weighted by Crippen LogP contribution is -2.45. The minimum absolute atomic E-state index is 0.0278. The molecular formula is C84H163NO5. The van der Waals surface area contributed by atoms with Crippen LogP contribution < -0.4 is 5.32 Å². The van der Waals surface area contributed by atoms with Crippen molar-refractivity contribution in [1.82, 2.24) is 5.32 Å². The van der Waals surface area contributed by atoms with Gasteiger partial charge in [0.15, 0.2) is 0 Å². The molecule has 3 N–H and O–H groups in total. The fourth-order valence-corrected chi connectivity index (χ4v) is 13.4. The lowest BCUT2D eigenvalue weighted by atomic mass is 10.0. The van der Waals surface area contributed by atoms with Crippen LogP contribution in [0, 0.1) is 0 Å². The second-order valence-electron chi connectivity index (χ2n) is 28.8. The van der Waals surface area contributed by atoms with Crippen molar-refractivity contribution in [2.24, 2.45) is 0 Å². The third kappa shape index (κ3) is 75.4. The number of ether oxygens (including phenoxy) is 1. The van der Waals surface area contributed by atoms with Crippen molar-refractivity contribution in [3.63, 3.8) is 0 Å². The van der Waals surface area contributed by atoms with Gasteiger partial charge in [-0.2, -0.15) is 0 Å². The molecule has 0 aromatic rings. The molecule has 0 aliphatic rings. The van der Waals surface area contributed by atoms with Gasteiger partial charge >= 0.3 is 5.97 Å². The first-order valence-corrected chi connectivity index (χ1v) is 41.6. The Labute approximate surface area is 564 Å². The largest absolute Gasteiger partial charge is 0.466 e. The average molecular weight is 1270 g/mol. The first kappa shape index (κ1) is 88.3. The SMILES string of the molecule is CCCCCCCCCCCCCCCC/C=C/C(O)C(CO)NC(=O)CCCCCCCCCCCCCCCCCCC/C=C\CCCCCCCCCCCCCCCCCCCCOC(=O)CCCCCCCCCCCCCCCCCCCC. The van der Waals surface area contributed by atoms with Gasteiger partial charge in [0, 0.05) is 12.8 Å². The summed E-state index contributed by atoms with van der Waals surface area (Å²) in [6.45, 7) is 4.96. The van der Waals surface area contributed by atoms with E-state index in [4.69, 9.17) is 4.74 Å². The summed E-state index contributed by atoms with van der Waals surface area (Å²) in [6, 6.07) is -0.624. The number of allylic oxidation sites excluding steroid dienone is 3. The van der Waals surface area contributed by atoms with Crippen LogP contribution in [0.25, 0.3) is 0 Å². The Morgan fingerprint density at radius 3 is 0.789 bits per heavy atom. The average Bonchev–Trinajstić information content (AvgIpc) is 3.71. The van der Waals surface area contributed by atoms with Gasteiger partial charge in [-0.1, -0.05) is 430 Å². The molecule has 0 spiro atoms. The topological polar surface area (TPSA) is 95.9 Å². The molecule has 2 atom stereocenters. The molecule has 2 unspecified atom stereocenters. The van der Waals surface area contributed by atoms with Crippen molar-refractivity contribution in [3.8, 4) is 0 Å². The number of nitrogens with one attached hydrogen (secondary N) is 1. The van der Waals surface area contributed by atoms with Crippen molar-refractivity contribution in [1.29, 1.82) is 0 Å². The van der Waals surface area contributed by atoms with E-state index in [9.17, 15) is 19.8 Å². The van der Waals surface area contributed by atoms with Crippen LogP contribution in [0.5, 0.6) is 0 Å². The van der Waals surface area contributed by atoms with Crippen LogP contribution in [-0.4, -0.2) is 47.4 Å². The van der Waals surface area contributed by atoms with E-state index >= 15 is 0 Å². The number of unbranched alkanes of at least 4 members (excludes halogenated alkanes) is 66. The molecule has 0 heterocycles. The van der Waals surface area contributed by atoms with E-state index < -0.39 is 12.1 Å². The molecule has 0 bridgehead atoms. The Hall–Kier alpha value is -1.66. The molecule has 6 heteroatoms. The van der Waals surface area contributed by atoms with Crippen molar-refractivity contribution < 1.29 is 24.5 Å². The lowest BCUT2D eigenvalue weighted by Gasteiger charge is -2.20. The van der Waals surface area contributed by atoms with Crippen LogP contribution in [0.1, 0.15) is 476 Å². The highest BCUT2D eigenvalue weighted by Gasteiger charge is 2.18. The Balaban J connectivity index is 3.31. The number of hydrogen-bond acceptors (Lipinski definition) is 5. The predicted octanol–water partition coefficient (Wildman–Crippen LogP) is 27.6. The van der Waals surface area contributed by atoms with Gasteiger partial charge in [-0.3, -0.25) is 9.59 Å². The van der Waals surface area contributed by atoms with E-state index in [1.807, 2.05) is 6.08 Å². The van der Waals surface area contributed by atoms with Crippen molar-refractivity contribution in [3.05, 3.63) is 24.3 Å². The maximum atomic E-state index is 12.5. The maximum Gasteiger partial charge on any atom is 0.305 e. The number of carbonyl (C=O) groups is 2. The zero-order valence-electron chi connectivity index (χ0n) is 61.4. The smallest absolute Gasteiger partial charge is 0.305 e. The van der Waals surface area contributed by atoms with Crippen molar-refractivity contribution >= 4 is 11.9 Å². The quantitative estimate of drug-likeness (QED) is 0.0320. The highest BCUT2D eigenvalue weighted by molar-refractivity contribution is 5.76. The predicted molar refractivity (Wildman–Crippen MR) is 398 cm³/mol. The van der Waals surface area contributed by atoms with E-state index in [0.717, 1.165) is 38.5 Å². The fraction of sp³-hybridized carbons (Fsp3) is 0.929. The van der Waals surface area contributed by atoms with Crippen LogP contribution in [0.4, 0.5) is 0 Å². The van der Waals surface area contributed by atoms with Gasteiger partial charge in [-0.15, -0.1) is 0 Å². The summed E-state index contributed by atoms with van der Waals surface area (Å²) >= 11 is 0. The third-order valence-electron chi connectivity index (χ3n) is 19.7. The summed E-state index contributed by atoms with van der Waals surface area (Å²) in [7, 11) is 0. The van der Waals surface area contributed by atoms with E-state index in [2.05, 4.69) is 31.3 Å². The normalized spacial score (nSPS) is 12.5. The molecule has 0 fully saturated rings. The van der Waals surface area contributed by atoms with Crippen molar-refractivity contribution in [2.45, 2.75) is 488 Å². The molecule has 0 saturated heterocycles. The van der Waals surface area contributed by atoms with E-state index in [1.165, 1.54) is 411 Å².